The quantitative estimate of drug-likeness (QED) is 0.314. The van der Waals surface area contributed by atoms with Crippen LogP contribution in [-0.2, 0) is 15.3 Å². The molecule has 2 rings (SSSR count). The summed E-state index contributed by atoms with van der Waals surface area (Å²) in [5.74, 6) is 1.13. The molecule has 7 nitrogen and oxygen atoms in total. The summed E-state index contributed by atoms with van der Waals surface area (Å²) in [6, 6.07) is 14.8. The Morgan fingerprint density at radius 2 is 1.89 bits per heavy atom. The molecule has 0 aliphatic rings. The first-order valence-corrected chi connectivity index (χ1v) is 9.50. The highest BCUT2D eigenvalue weighted by molar-refractivity contribution is 7.99. The lowest BCUT2D eigenvalue weighted by Crippen LogP contribution is -2.27. The summed E-state index contributed by atoms with van der Waals surface area (Å²) in [5, 5.41) is 3.73. The van der Waals surface area contributed by atoms with Gasteiger partial charge < -0.3 is 14.2 Å². The van der Waals surface area contributed by atoms with Crippen LogP contribution in [0.4, 0.5) is 4.79 Å². The van der Waals surface area contributed by atoms with E-state index in [-0.39, 0.29) is 16.9 Å². The van der Waals surface area contributed by atoms with Crippen LogP contribution in [0, 0.1) is 0 Å². The number of hydrogen-bond donors (Lipinski definition) is 1. The second-order valence-electron chi connectivity index (χ2n) is 5.64. The maximum atomic E-state index is 12.1. The lowest BCUT2D eigenvalue weighted by molar-refractivity contribution is -0.120. The van der Waals surface area contributed by atoms with Crippen molar-refractivity contribution in [3.63, 3.8) is 0 Å². The molecular weight excluding hydrogens is 380 g/mol. The van der Waals surface area contributed by atoms with Crippen molar-refractivity contribution in [2.45, 2.75) is 17.9 Å². The van der Waals surface area contributed by atoms with Crippen molar-refractivity contribution in [3.8, 4) is 11.5 Å². The van der Waals surface area contributed by atoms with Crippen LogP contribution in [0.25, 0.3) is 0 Å². The van der Waals surface area contributed by atoms with Gasteiger partial charge in [0.1, 0.15) is 0 Å². The first-order chi connectivity index (χ1) is 13.5. The number of benzene rings is 2. The van der Waals surface area contributed by atoms with Crippen molar-refractivity contribution in [2.75, 3.05) is 14.2 Å². The van der Waals surface area contributed by atoms with E-state index in [1.54, 1.807) is 18.2 Å². The fraction of sp³-hybridized carbons (Fsp3) is 0.250. The number of carbonyl (C=O) groups excluding carboxylic acids is 2. The van der Waals surface area contributed by atoms with Crippen molar-refractivity contribution in [1.29, 1.82) is 0 Å². The number of rotatable bonds is 8. The van der Waals surface area contributed by atoms with E-state index in [4.69, 9.17) is 9.47 Å². The van der Waals surface area contributed by atoms with Gasteiger partial charge in [-0.2, -0.15) is 5.10 Å². The number of nitrogens with one attached hydrogen (secondary N) is 1. The summed E-state index contributed by atoms with van der Waals surface area (Å²) in [4.78, 5) is 23.4. The summed E-state index contributed by atoms with van der Waals surface area (Å²) < 4.78 is 14.6. The van der Waals surface area contributed by atoms with Gasteiger partial charge in [-0.05, 0) is 36.2 Å². The van der Waals surface area contributed by atoms with Crippen molar-refractivity contribution in [3.05, 3.63) is 59.7 Å². The number of hydrogen-bond acceptors (Lipinski definition) is 7. The van der Waals surface area contributed by atoms with Crippen molar-refractivity contribution in [1.82, 2.24) is 5.43 Å². The third-order valence-electron chi connectivity index (χ3n) is 3.65. The molecule has 1 amide bonds. The van der Waals surface area contributed by atoms with Gasteiger partial charge in [0.05, 0.1) is 25.7 Å². The van der Waals surface area contributed by atoms with Gasteiger partial charge in [0.25, 0.3) is 5.91 Å². The normalized spacial score (nSPS) is 11.7. The molecule has 0 radical (unpaired) electrons. The fourth-order valence-corrected chi connectivity index (χ4v) is 2.95. The SMILES string of the molecule is COC(=O)Oc1ccc(/C=N\NC(=O)[C@H](C)SCc2ccccc2)cc1OC. The first-order valence-electron chi connectivity index (χ1n) is 8.45. The van der Waals surface area contributed by atoms with Crippen LogP contribution in [-0.4, -0.2) is 37.7 Å². The standard InChI is InChI=1S/C20H22N2O5S/c1-14(28-13-15-7-5-4-6-8-15)19(23)22-21-12-16-9-10-17(18(11-16)25-2)27-20(24)26-3/h4-12,14H,13H2,1-3H3,(H,22,23)/b21-12-/t14-/m0/s1. The summed E-state index contributed by atoms with van der Waals surface area (Å²) in [5.41, 5.74) is 4.35. The minimum Gasteiger partial charge on any atom is -0.493 e. The summed E-state index contributed by atoms with van der Waals surface area (Å²) in [6.45, 7) is 1.83. The molecule has 28 heavy (non-hydrogen) atoms. The largest absolute Gasteiger partial charge is 0.513 e. The van der Waals surface area contributed by atoms with Crippen LogP contribution in [0.15, 0.2) is 53.6 Å². The number of nitrogens with zero attached hydrogens (tertiary/aromatic N) is 1. The van der Waals surface area contributed by atoms with Gasteiger partial charge in [0.15, 0.2) is 11.5 Å². The molecule has 148 valence electrons. The Kier molecular flexibility index (Phi) is 8.36. The van der Waals surface area contributed by atoms with Gasteiger partial charge in [-0.25, -0.2) is 10.2 Å². The third kappa shape index (κ3) is 6.62. The summed E-state index contributed by atoms with van der Waals surface area (Å²) in [6.07, 6.45) is 0.644. The van der Waals surface area contributed by atoms with Crippen LogP contribution in [0.1, 0.15) is 18.1 Å². The molecule has 1 atom stereocenters. The van der Waals surface area contributed by atoms with Crippen LogP contribution >= 0.6 is 11.8 Å². The molecule has 0 aliphatic heterocycles. The second-order valence-corrected chi connectivity index (χ2v) is 6.97. The number of thioether (sulfide) groups is 1. The van der Waals surface area contributed by atoms with Crippen molar-refractivity contribution in [2.24, 2.45) is 5.10 Å². The van der Waals surface area contributed by atoms with E-state index in [0.717, 1.165) is 11.3 Å². The highest BCUT2D eigenvalue weighted by Gasteiger charge is 2.13. The molecule has 2 aromatic rings. The zero-order valence-electron chi connectivity index (χ0n) is 15.9. The van der Waals surface area contributed by atoms with Crippen LogP contribution in [0.5, 0.6) is 11.5 Å². The van der Waals surface area contributed by atoms with E-state index in [0.29, 0.717) is 11.3 Å². The van der Waals surface area contributed by atoms with E-state index in [9.17, 15) is 9.59 Å². The lowest BCUT2D eigenvalue weighted by Gasteiger charge is -2.10. The maximum absolute atomic E-state index is 12.1. The minimum absolute atomic E-state index is 0.185. The topological polar surface area (TPSA) is 86.2 Å². The zero-order chi connectivity index (χ0) is 20.4. The predicted octanol–water partition coefficient (Wildman–Crippen LogP) is 3.61. The number of amides is 1. The van der Waals surface area contributed by atoms with Crippen LogP contribution < -0.4 is 14.9 Å². The smallest absolute Gasteiger partial charge is 0.493 e. The number of hydrazone groups is 1. The molecule has 0 fully saturated rings. The minimum atomic E-state index is -0.839. The van der Waals surface area contributed by atoms with Crippen LogP contribution in [0.2, 0.25) is 0 Å². The highest BCUT2D eigenvalue weighted by atomic mass is 32.2. The molecule has 0 bridgehead atoms. The highest BCUT2D eigenvalue weighted by Crippen LogP contribution is 2.27. The van der Waals surface area contributed by atoms with Gasteiger partial charge in [0.2, 0.25) is 0 Å². The monoisotopic (exact) mass is 402 g/mol. The molecule has 1 N–H and O–H groups in total. The Balaban J connectivity index is 1.88. The number of ether oxygens (including phenoxy) is 3. The number of methoxy groups -OCH3 is 2. The third-order valence-corrected chi connectivity index (χ3v) is 4.86. The van der Waals surface area contributed by atoms with Gasteiger partial charge in [0, 0.05) is 5.75 Å². The Labute approximate surface area is 168 Å². The van der Waals surface area contributed by atoms with E-state index >= 15 is 0 Å². The Morgan fingerprint density at radius 1 is 1.14 bits per heavy atom. The maximum Gasteiger partial charge on any atom is 0.513 e. The van der Waals surface area contributed by atoms with E-state index in [1.807, 2.05) is 37.3 Å². The van der Waals surface area contributed by atoms with Gasteiger partial charge in [-0.15, -0.1) is 11.8 Å². The fourth-order valence-electron chi connectivity index (χ4n) is 2.11. The van der Waals surface area contributed by atoms with E-state index in [1.165, 1.54) is 32.2 Å². The average molecular weight is 402 g/mol. The lowest BCUT2D eigenvalue weighted by atomic mass is 10.2. The number of carbonyl (C=O) groups is 2. The first kappa shape index (κ1) is 21.3. The van der Waals surface area contributed by atoms with Crippen molar-refractivity contribution < 1.29 is 23.8 Å². The molecule has 0 aliphatic carbocycles. The molecule has 8 heteroatoms. The Hall–Kier alpha value is -3.00. The van der Waals surface area contributed by atoms with E-state index < -0.39 is 6.16 Å². The molecule has 2 aromatic carbocycles. The molecule has 0 aromatic heterocycles. The summed E-state index contributed by atoms with van der Waals surface area (Å²) >= 11 is 1.53. The van der Waals surface area contributed by atoms with Crippen LogP contribution in [0.3, 0.4) is 0 Å². The Morgan fingerprint density at radius 3 is 2.57 bits per heavy atom. The van der Waals surface area contributed by atoms with Gasteiger partial charge in [-0.1, -0.05) is 30.3 Å². The molecule has 0 unspecified atom stereocenters. The average Bonchev–Trinajstić information content (AvgIpc) is 2.73. The molecule has 0 saturated carbocycles. The molecular formula is C20H22N2O5S. The molecule has 0 saturated heterocycles. The predicted molar refractivity (Wildman–Crippen MR) is 109 cm³/mol. The van der Waals surface area contributed by atoms with E-state index in [2.05, 4.69) is 15.3 Å². The summed E-state index contributed by atoms with van der Waals surface area (Å²) in [7, 11) is 2.67. The Bertz CT molecular complexity index is 827. The zero-order valence-corrected chi connectivity index (χ0v) is 16.7. The van der Waals surface area contributed by atoms with Gasteiger partial charge >= 0.3 is 6.16 Å². The molecule has 0 heterocycles. The molecule has 0 spiro atoms. The second kappa shape index (κ2) is 11.0. The van der Waals surface area contributed by atoms with Crippen molar-refractivity contribution >= 4 is 30.0 Å². The van der Waals surface area contributed by atoms with Gasteiger partial charge in [-0.3, -0.25) is 4.79 Å².